The summed E-state index contributed by atoms with van der Waals surface area (Å²) in [5, 5.41) is 4.33. The molecule has 0 bridgehead atoms. The van der Waals surface area contributed by atoms with Gasteiger partial charge in [-0.05, 0) is 31.0 Å². The van der Waals surface area contributed by atoms with E-state index in [1.165, 1.54) is 18.2 Å². The summed E-state index contributed by atoms with van der Waals surface area (Å²) in [6, 6.07) is 4.47. The van der Waals surface area contributed by atoms with Crippen LogP contribution in [-0.2, 0) is 15.4 Å². The molecule has 1 aliphatic carbocycles. The van der Waals surface area contributed by atoms with Crippen molar-refractivity contribution in [3.63, 3.8) is 0 Å². The lowest BCUT2D eigenvalue weighted by atomic mass is 9.99. The minimum atomic E-state index is -3.34. The summed E-state index contributed by atoms with van der Waals surface area (Å²) >= 11 is 6.17. The van der Waals surface area contributed by atoms with E-state index in [1.54, 1.807) is 6.92 Å². The Hall–Kier alpha value is -1.15. The number of hydrogen-bond acceptors (Lipinski definition) is 6. The van der Waals surface area contributed by atoms with E-state index in [0.29, 0.717) is 16.4 Å². The van der Waals surface area contributed by atoms with Crippen LogP contribution in [0.2, 0.25) is 5.02 Å². The third-order valence-electron chi connectivity index (χ3n) is 4.27. The average molecular weight is 392 g/mol. The van der Waals surface area contributed by atoms with Gasteiger partial charge in [0.05, 0.1) is 26.8 Å². The van der Waals surface area contributed by atoms with E-state index in [-0.39, 0.29) is 28.9 Å². The number of aromatic nitrogens is 2. The summed E-state index contributed by atoms with van der Waals surface area (Å²) < 4.78 is 29.4. The zero-order valence-corrected chi connectivity index (χ0v) is 15.5. The molecule has 1 aromatic heterocycles. The van der Waals surface area contributed by atoms with Gasteiger partial charge in [-0.15, -0.1) is 12.4 Å². The van der Waals surface area contributed by atoms with Crippen molar-refractivity contribution in [3.05, 3.63) is 29.0 Å². The number of nitrogens with zero attached hydrogens (tertiary/aromatic N) is 2. The number of sulfone groups is 1. The molecule has 1 fully saturated rings. The molecule has 6 nitrogen and oxygen atoms in total. The van der Waals surface area contributed by atoms with Crippen LogP contribution in [0, 0.1) is 0 Å². The van der Waals surface area contributed by atoms with E-state index in [0.717, 1.165) is 25.7 Å². The predicted octanol–water partition coefficient (Wildman–Crippen LogP) is 3.33. The molecule has 1 saturated carbocycles. The van der Waals surface area contributed by atoms with Gasteiger partial charge < -0.3 is 10.3 Å². The number of hydrogen-bond donors (Lipinski definition) is 1. The molecule has 2 aromatic rings. The van der Waals surface area contributed by atoms with Crippen molar-refractivity contribution >= 4 is 33.8 Å². The smallest absolute Gasteiger partial charge is 0.259 e. The third-order valence-corrected chi connectivity index (χ3v) is 6.34. The molecule has 24 heavy (non-hydrogen) atoms. The first-order valence-corrected chi connectivity index (χ1v) is 9.54. The van der Waals surface area contributed by atoms with Crippen LogP contribution in [0.25, 0.3) is 11.5 Å². The van der Waals surface area contributed by atoms with E-state index in [2.05, 4.69) is 10.1 Å². The molecule has 0 amide bonds. The number of rotatable bonds is 4. The Morgan fingerprint density at radius 2 is 2.00 bits per heavy atom. The highest BCUT2D eigenvalue weighted by Gasteiger charge is 2.36. The Balaban J connectivity index is 0.00000208. The first-order valence-electron chi connectivity index (χ1n) is 7.51. The first kappa shape index (κ1) is 19.2. The molecule has 0 atom stereocenters. The largest absolute Gasteiger partial charge is 0.334 e. The Bertz CT molecular complexity index is 830. The SMILES string of the molecule is CCS(=O)(=O)c1ccc(Cl)c(-c2nc(C3(N)CCCC3)no2)c1.Cl. The molecule has 0 saturated heterocycles. The predicted molar refractivity (Wildman–Crippen MR) is 94.1 cm³/mol. The van der Waals surface area contributed by atoms with Gasteiger partial charge in [0.15, 0.2) is 15.7 Å². The summed E-state index contributed by atoms with van der Waals surface area (Å²) in [7, 11) is -3.34. The molecule has 1 aliphatic rings. The van der Waals surface area contributed by atoms with Crippen molar-refractivity contribution in [1.29, 1.82) is 0 Å². The molecule has 1 heterocycles. The number of benzene rings is 1. The van der Waals surface area contributed by atoms with Gasteiger partial charge in [0, 0.05) is 0 Å². The molecule has 0 spiro atoms. The van der Waals surface area contributed by atoms with Crippen molar-refractivity contribution in [2.24, 2.45) is 5.73 Å². The fourth-order valence-electron chi connectivity index (χ4n) is 2.79. The molecule has 0 radical (unpaired) electrons. The quantitative estimate of drug-likeness (QED) is 0.857. The zero-order chi connectivity index (χ0) is 16.7. The van der Waals surface area contributed by atoms with E-state index >= 15 is 0 Å². The molecule has 0 aliphatic heterocycles. The minimum Gasteiger partial charge on any atom is -0.334 e. The lowest BCUT2D eigenvalue weighted by Gasteiger charge is -2.17. The molecular weight excluding hydrogens is 373 g/mol. The van der Waals surface area contributed by atoms with Gasteiger partial charge in [0.1, 0.15) is 0 Å². The lowest BCUT2D eigenvalue weighted by Crippen LogP contribution is -2.34. The molecular formula is C15H19Cl2N3O3S. The van der Waals surface area contributed by atoms with Crippen LogP contribution in [0.4, 0.5) is 0 Å². The molecule has 132 valence electrons. The van der Waals surface area contributed by atoms with Gasteiger partial charge in [0.2, 0.25) is 0 Å². The zero-order valence-electron chi connectivity index (χ0n) is 13.2. The van der Waals surface area contributed by atoms with Gasteiger partial charge in [-0.1, -0.05) is 36.5 Å². The van der Waals surface area contributed by atoms with Crippen molar-refractivity contribution in [1.82, 2.24) is 10.1 Å². The Morgan fingerprint density at radius 3 is 2.62 bits per heavy atom. The highest BCUT2D eigenvalue weighted by atomic mass is 35.5. The van der Waals surface area contributed by atoms with Crippen LogP contribution in [0.3, 0.4) is 0 Å². The van der Waals surface area contributed by atoms with Crippen LogP contribution < -0.4 is 5.73 Å². The second kappa shape index (κ2) is 7.00. The molecule has 9 heteroatoms. The highest BCUT2D eigenvalue weighted by Crippen LogP contribution is 2.36. The maximum atomic E-state index is 12.0. The summed E-state index contributed by atoms with van der Waals surface area (Å²) in [6.45, 7) is 1.59. The topological polar surface area (TPSA) is 99.1 Å². The van der Waals surface area contributed by atoms with Crippen molar-refractivity contribution < 1.29 is 12.9 Å². The van der Waals surface area contributed by atoms with Gasteiger partial charge in [0.25, 0.3) is 5.89 Å². The van der Waals surface area contributed by atoms with E-state index < -0.39 is 15.4 Å². The Morgan fingerprint density at radius 1 is 1.33 bits per heavy atom. The molecule has 0 unspecified atom stereocenters. The normalized spacial score (nSPS) is 16.8. The van der Waals surface area contributed by atoms with Gasteiger partial charge >= 0.3 is 0 Å². The van der Waals surface area contributed by atoms with Crippen molar-refractivity contribution in [2.45, 2.75) is 43.0 Å². The minimum absolute atomic E-state index is 0. The lowest BCUT2D eigenvalue weighted by molar-refractivity contribution is 0.372. The number of nitrogens with two attached hydrogens (primary N) is 1. The van der Waals surface area contributed by atoms with E-state index in [1.807, 2.05) is 0 Å². The maximum Gasteiger partial charge on any atom is 0.259 e. The number of halogens is 2. The first-order chi connectivity index (χ1) is 10.9. The molecule has 2 N–H and O–H groups in total. The average Bonchev–Trinajstić information content (AvgIpc) is 3.17. The van der Waals surface area contributed by atoms with Crippen LogP contribution in [0.1, 0.15) is 38.4 Å². The standard InChI is InChI=1S/C15H18ClN3O3S.ClH/c1-2-23(20,21)10-5-6-12(16)11(9-10)13-18-14(19-22-13)15(17)7-3-4-8-15;/h5-6,9H,2-4,7-8,17H2,1H3;1H. The van der Waals surface area contributed by atoms with E-state index in [9.17, 15) is 8.42 Å². The summed E-state index contributed by atoms with van der Waals surface area (Å²) in [5.74, 6) is 0.648. The fraction of sp³-hybridized carbons (Fsp3) is 0.467. The second-order valence-electron chi connectivity index (χ2n) is 5.83. The van der Waals surface area contributed by atoms with Crippen LogP contribution in [0.15, 0.2) is 27.6 Å². The monoisotopic (exact) mass is 391 g/mol. The molecule has 3 rings (SSSR count). The summed E-state index contributed by atoms with van der Waals surface area (Å²) in [6.07, 6.45) is 3.69. The van der Waals surface area contributed by atoms with Crippen LogP contribution in [0.5, 0.6) is 0 Å². The highest BCUT2D eigenvalue weighted by molar-refractivity contribution is 7.91. The van der Waals surface area contributed by atoms with Crippen molar-refractivity contribution in [2.75, 3.05) is 5.75 Å². The Kier molecular flexibility index (Phi) is 5.59. The van der Waals surface area contributed by atoms with Crippen molar-refractivity contribution in [3.8, 4) is 11.5 Å². The summed E-state index contributed by atoms with van der Waals surface area (Å²) in [5.41, 5.74) is 6.15. The van der Waals surface area contributed by atoms with Gasteiger partial charge in [-0.2, -0.15) is 4.98 Å². The maximum absolute atomic E-state index is 12.0. The van der Waals surface area contributed by atoms with Crippen LogP contribution >= 0.6 is 24.0 Å². The fourth-order valence-corrected chi connectivity index (χ4v) is 3.90. The second-order valence-corrected chi connectivity index (χ2v) is 8.52. The van der Waals surface area contributed by atoms with Crippen LogP contribution in [-0.4, -0.2) is 24.3 Å². The Labute approximate surface area is 152 Å². The van der Waals surface area contributed by atoms with Gasteiger partial charge in [-0.3, -0.25) is 0 Å². The van der Waals surface area contributed by atoms with Gasteiger partial charge in [-0.25, -0.2) is 8.42 Å². The third kappa shape index (κ3) is 3.44. The summed E-state index contributed by atoms with van der Waals surface area (Å²) in [4.78, 5) is 4.54. The molecule has 1 aromatic carbocycles. The van der Waals surface area contributed by atoms with E-state index in [4.69, 9.17) is 21.9 Å².